The Labute approximate surface area is 186 Å². The summed E-state index contributed by atoms with van der Waals surface area (Å²) in [5.74, 6) is -1.37. The Morgan fingerprint density at radius 1 is 0.969 bits per heavy atom. The molecule has 8 nitrogen and oxygen atoms in total. The molecule has 32 heavy (non-hydrogen) atoms. The van der Waals surface area contributed by atoms with Gasteiger partial charge in [0.2, 0.25) is 11.8 Å². The molecule has 2 aromatic rings. The maximum Gasteiger partial charge on any atom is 0.254 e. The van der Waals surface area contributed by atoms with Crippen molar-refractivity contribution in [2.24, 2.45) is 0 Å². The molecule has 2 fully saturated rings. The lowest BCUT2D eigenvalue weighted by molar-refractivity contribution is -0.150. The minimum atomic E-state index is -0.438. The lowest BCUT2D eigenvalue weighted by atomic mass is 10.1. The van der Waals surface area contributed by atoms with Gasteiger partial charge in [-0.05, 0) is 49.1 Å². The van der Waals surface area contributed by atoms with Crippen LogP contribution in [0.5, 0.6) is 0 Å². The smallest absolute Gasteiger partial charge is 0.254 e. The van der Waals surface area contributed by atoms with E-state index in [-0.39, 0.29) is 30.8 Å². The van der Waals surface area contributed by atoms with Crippen LogP contribution in [0.15, 0.2) is 54.6 Å². The molecule has 0 bridgehead atoms. The van der Waals surface area contributed by atoms with Crippen molar-refractivity contribution in [2.75, 3.05) is 31.6 Å². The summed E-state index contributed by atoms with van der Waals surface area (Å²) in [6.07, 6.45) is 1.70. The van der Waals surface area contributed by atoms with E-state index in [0.717, 1.165) is 12.0 Å². The van der Waals surface area contributed by atoms with Crippen molar-refractivity contribution in [1.29, 1.82) is 0 Å². The van der Waals surface area contributed by atoms with Gasteiger partial charge in [0.15, 0.2) is 0 Å². The van der Waals surface area contributed by atoms with E-state index in [9.17, 15) is 19.2 Å². The fraction of sp³-hybridized carbons (Fsp3) is 0.333. The number of anilines is 1. The molecule has 2 heterocycles. The number of ether oxygens (including phenoxy) is 1. The fourth-order valence-electron chi connectivity index (χ4n) is 3.86. The summed E-state index contributed by atoms with van der Waals surface area (Å²) in [7, 11) is 0. The number of nitrogens with one attached hydrogen (secondary N) is 1. The third-order valence-corrected chi connectivity index (χ3v) is 5.63. The summed E-state index contributed by atoms with van der Waals surface area (Å²) in [4.78, 5) is 52.5. The molecule has 4 amide bonds. The van der Waals surface area contributed by atoms with Gasteiger partial charge in [-0.15, -0.1) is 0 Å². The Morgan fingerprint density at radius 2 is 1.66 bits per heavy atom. The molecule has 2 saturated heterocycles. The molecule has 2 aliphatic rings. The average molecular weight is 435 g/mol. The second kappa shape index (κ2) is 9.74. The van der Waals surface area contributed by atoms with Crippen LogP contribution >= 0.6 is 0 Å². The molecule has 8 heteroatoms. The van der Waals surface area contributed by atoms with E-state index in [1.165, 1.54) is 9.80 Å². The monoisotopic (exact) mass is 435 g/mol. The van der Waals surface area contributed by atoms with E-state index in [1.807, 2.05) is 30.3 Å². The zero-order chi connectivity index (χ0) is 22.5. The predicted octanol–water partition coefficient (Wildman–Crippen LogP) is 1.86. The quantitative estimate of drug-likeness (QED) is 0.699. The second-order valence-electron chi connectivity index (χ2n) is 7.90. The van der Waals surface area contributed by atoms with Crippen LogP contribution in [-0.4, -0.2) is 65.8 Å². The highest BCUT2D eigenvalue weighted by Gasteiger charge is 2.33. The molecule has 0 saturated carbocycles. The van der Waals surface area contributed by atoms with Gasteiger partial charge in [-0.2, -0.15) is 0 Å². The van der Waals surface area contributed by atoms with Crippen molar-refractivity contribution in [2.45, 2.75) is 25.4 Å². The first-order valence-electron chi connectivity index (χ1n) is 10.7. The van der Waals surface area contributed by atoms with Crippen LogP contribution in [0.2, 0.25) is 0 Å². The van der Waals surface area contributed by atoms with Crippen molar-refractivity contribution < 1.29 is 23.9 Å². The van der Waals surface area contributed by atoms with E-state index < -0.39 is 12.0 Å². The summed E-state index contributed by atoms with van der Waals surface area (Å²) in [5.41, 5.74) is 1.94. The Balaban J connectivity index is 1.33. The Morgan fingerprint density at radius 3 is 2.28 bits per heavy atom. The topological polar surface area (TPSA) is 96.0 Å². The number of nitrogens with zero attached hydrogens (tertiary/aromatic N) is 2. The van der Waals surface area contributed by atoms with Crippen LogP contribution in [0, 0.1) is 0 Å². The highest BCUT2D eigenvalue weighted by Crippen LogP contribution is 2.17. The molecule has 4 rings (SSSR count). The van der Waals surface area contributed by atoms with Gasteiger partial charge in [0.1, 0.15) is 19.2 Å². The molecular weight excluding hydrogens is 410 g/mol. The number of benzene rings is 2. The molecule has 1 N–H and O–H groups in total. The highest BCUT2D eigenvalue weighted by atomic mass is 16.5. The molecule has 166 valence electrons. The largest absolute Gasteiger partial charge is 0.368 e. The van der Waals surface area contributed by atoms with Crippen LogP contribution in [0.1, 0.15) is 28.8 Å². The summed E-state index contributed by atoms with van der Waals surface area (Å²) < 4.78 is 5.36. The average Bonchev–Trinajstić information content (AvgIpc) is 3.34. The summed E-state index contributed by atoms with van der Waals surface area (Å²) in [6, 6.07) is 16.0. The molecule has 0 aromatic heterocycles. The molecule has 0 spiro atoms. The van der Waals surface area contributed by atoms with Crippen LogP contribution in [0.3, 0.4) is 0 Å². The lowest BCUT2D eigenvalue weighted by Crippen LogP contribution is -2.55. The van der Waals surface area contributed by atoms with E-state index >= 15 is 0 Å². The van der Waals surface area contributed by atoms with Crippen molar-refractivity contribution >= 4 is 29.3 Å². The minimum absolute atomic E-state index is 0.142. The molecule has 1 atom stereocenters. The van der Waals surface area contributed by atoms with Gasteiger partial charge in [0.25, 0.3) is 11.8 Å². The highest BCUT2D eigenvalue weighted by molar-refractivity contribution is 6.06. The third-order valence-electron chi connectivity index (χ3n) is 5.63. The first kappa shape index (κ1) is 21.7. The van der Waals surface area contributed by atoms with Crippen molar-refractivity contribution in [1.82, 2.24) is 9.80 Å². The molecule has 2 aliphatic heterocycles. The Hall–Kier alpha value is -3.52. The normalized spacial score (nSPS) is 18.7. The van der Waals surface area contributed by atoms with Gasteiger partial charge < -0.3 is 15.0 Å². The zero-order valence-corrected chi connectivity index (χ0v) is 17.7. The van der Waals surface area contributed by atoms with Crippen LogP contribution in [0.25, 0.3) is 0 Å². The van der Waals surface area contributed by atoms with E-state index in [1.54, 1.807) is 24.3 Å². The van der Waals surface area contributed by atoms with Crippen LogP contribution in [0.4, 0.5) is 5.69 Å². The van der Waals surface area contributed by atoms with Gasteiger partial charge in [-0.25, -0.2) is 0 Å². The van der Waals surface area contributed by atoms with Gasteiger partial charge in [0, 0.05) is 24.4 Å². The molecule has 0 radical (unpaired) electrons. The third kappa shape index (κ3) is 5.03. The standard InChI is InChI=1S/C24H25N3O5/c28-21-15-26(16-22(29)27(21)13-12-17-5-2-1-3-6-17)24(31)18-8-10-19(11-9-18)25-23(30)20-7-4-14-32-20/h1-3,5-6,8-11,20H,4,7,12-16H2,(H,25,30). The first-order chi connectivity index (χ1) is 15.5. The number of carbonyl (C=O) groups excluding carboxylic acids is 4. The van der Waals surface area contributed by atoms with Crippen LogP contribution in [-0.2, 0) is 25.5 Å². The number of carbonyl (C=O) groups is 4. The maximum atomic E-state index is 12.8. The Bertz CT molecular complexity index is 982. The number of amides is 4. The van der Waals surface area contributed by atoms with Crippen LogP contribution < -0.4 is 5.32 Å². The maximum absolute atomic E-state index is 12.8. The number of piperazine rings is 1. The Kier molecular flexibility index (Phi) is 6.61. The first-order valence-corrected chi connectivity index (χ1v) is 10.7. The molecular formula is C24H25N3O5. The fourth-order valence-corrected chi connectivity index (χ4v) is 3.86. The molecule has 2 aromatic carbocycles. The molecule has 0 aliphatic carbocycles. The van der Waals surface area contributed by atoms with Crippen molar-refractivity contribution in [3.05, 3.63) is 65.7 Å². The predicted molar refractivity (Wildman–Crippen MR) is 117 cm³/mol. The minimum Gasteiger partial charge on any atom is -0.368 e. The summed E-state index contributed by atoms with van der Waals surface area (Å²) >= 11 is 0. The van der Waals surface area contributed by atoms with E-state index in [4.69, 9.17) is 4.74 Å². The van der Waals surface area contributed by atoms with Gasteiger partial charge in [-0.3, -0.25) is 24.1 Å². The van der Waals surface area contributed by atoms with Crippen molar-refractivity contribution in [3.8, 4) is 0 Å². The van der Waals surface area contributed by atoms with Gasteiger partial charge in [-0.1, -0.05) is 30.3 Å². The van der Waals surface area contributed by atoms with Crippen molar-refractivity contribution in [3.63, 3.8) is 0 Å². The summed E-state index contributed by atoms with van der Waals surface area (Å²) in [5, 5.41) is 2.77. The van der Waals surface area contributed by atoms with Gasteiger partial charge >= 0.3 is 0 Å². The number of rotatable bonds is 6. The number of hydrogen-bond donors (Lipinski definition) is 1. The zero-order valence-electron chi connectivity index (χ0n) is 17.7. The number of hydrogen-bond acceptors (Lipinski definition) is 5. The SMILES string of the molecule is O=C(Nc1ccc(C(=O)N2CC(=O)N(CCc3ccccc3)C(=O)C2)cc1)C1CCCO1. The summed E-state index contributed by atoms with van der Waals surface area (Å²) in [6.45, 7) is 0.596. The second-order valence-corrected chi connectivity index (χ2v) is 7.90. The molecule has 1 unspecified atom stereocenters. The number of imide groups is 1. The van der Waals surface area contributed by atoms with E-state index in [2.05, 4.69) is 5.32 Å². The lowest BCUT2D eigenvalue weighted by Gasteiger charge is -2.32. The van der Waals surface area contributed by atoms with Gasteiger partial charge in [0.05, 0.1) is 0 Å². The van der Waals surface area contributed by atoms with E-state index in [0.29, 0.717) is 37.2 Å².